The molecule has 2 nitrogen and oxygen atoms in total. The summed E-state index contributed by atoms with van der Waals surface area (Å²) in [5.41, 5.74) is 3.56. The molecule has 0 radical (unpaired) electrons. The van der Waals surface area contributed by atoms with E-state index in [1.807, 2.05) is 17.8 Å². The van der Waals surface area contributed by atoms with Gasteiger partial charge in [0.2, 0.25) is 0 Å². The minimum atomic E-state index is 0.193. The molecule has 110 valence electrons. The third-order valence-corrected chi connectivity index (χ3v) is 5.06. The summed E-state index contributed by atoms with van der Waals surface area (Å²) in [7, 11) is 0. The first-order valence-electron chi connectivity index (χ1n) is 7.15. The fourth-order valence-electron chi connectivity index (χ4n) is 2.61. The number of aliphatic hydroxyl groups is 1. The Morgan fingerprint density at radius 2 is 2.00 bits per heavy atom. The van der Waals surface area contributed by atoms with Crippen LogP contribution < -0.4 is 5.32 Å². The Morgan fingerprint density at radius 3 is 2.76 bits per heavy atom. The van der Waals surface area contributed by atoms with Crippen molar-refractivity contribution in [3.63, 3.8) is 0 Å². The van der Waals surface area contributed by atoms with Crippen LogP contribution in [0.3, 0.4) is 0 Å². The second kappa shape index (κ2) is 6.73. The molecule has 4 heteroatoms. The zero-order chi connectivity index (χ0) is 14.7. The molecule has 0 spiro atoms. The van der Waals surface area contributed by atoms with Crippen molar-refractivity contribution in [2.24, 2.45) is 0 Å². The Bertz CT molecular complexity index is 615. The van der Waals surface area contributed by atoms with Gasteiger partial charge >= 0.3 is 0 Å². The Morgan fingerprint density at radius 1 is 1.19 bits per heavy atom. The lowest BCUT2D eigenvalue weighted by Gasteiger charge is -2.27. The standard InChI is InChI=1S/C17H18ClNOS/c18-13-3-6-17-15(11-13)16(8-10-21-17)19-14-4-1-12(2-5-14)7-9-20/h1-6,11,16,19-20H,7-10H2. The first kappa shape index (κ1) is 14.8. The number of aliphatic hydroxyl groups excluding tert-OH is 1. The lowest BCUT2D eigenvalue weighted by molar-refractivity contribution is 0.299. The monoisotopic (exact) mass is 319 g/mol. The summed E-state index contributed by atoms with van der Waals surface area (Å²) in [5, 5.41) is 13.3. The van der Waals surface area contributed by atoms with Crippen molar-refractivity contribution in [3.8, 4) is 0 Å². The molecule has 0 saturated heterocycles. The van der Waals surface area contributed by atoms with E-state index in [-0.39, 0.29) is 6.61 Å². The summed E-state index contributed by atoms with van der Waals surface area (Å²) < 4.78 is 0. The fraction of sp³-hybridized carbons (Fsp3) is 0.294. The molecule has 0 aliphatic carbocycles. The number of hydrogen-bond donors (Lipinski definition) is 2. The number of fused-ring (bicyclic) bond motifs is 1. The molecule has 3 rings (SSSR count). The van der Waals surface area contributed by atoms with Gasteiger partial charge in [0.15, 0.2) is 0 Å². The highest BCUT2D eigenvalue weighted by Gasteiger charge is 2.20. The van der Waals surface area contributed by atoms with Crippen LogP contribution >= 0.6 is 23.4 Å². The molecule has 0 bridgehead atoms. The Balaban J connectivity index is 1.78. The lowest BCUT2D eigenvalue weighted by Crippen LogP contribution is -2.16. The Kier molecular flexibility index (Phi) is 4.73. The van der Waals surface area contributed by atoms with E-state index in [2.05, 4.69) is 41.7 Å². The molecule has 2 aromatic carbocycles. The highest BCUT2D eigenvalue weighted by molar-refractivity contribution is 7.99. The summed E-state index contributed by atoms with van der Waals surface area (Å²) in [5.74, 6) is 1.12. The van der Waals surface area contributed by atoms with Crippen molar-refractivity contribution in [2.75, 3.05) is 17.7 Å². The molecule has 21 heavy (non-hydrogen) atoms. The third-order valence-electron chi connectivity index (χ3n) is 3.71. The number of thioether (sulfide) groups is 1. The maximum absolute atomic E-state index is 8.95. The largest absolute Gasteiger partial charge is 0.396 e. The van der Waals surface area contributed by atoms with Crippen LogP contribution in [0.5, 0.6) is 0 Å². The van der Waals surface area contributed by atoms with Crippen LogP contribution in [-0.4, -0.2) is 17.5 Å². The molecule has 2 aromatic rings. The number of rotatable bonds is 4. The summed E-state index contributed by atoms with van der Waals surface area (Å²) in [6.07, 6.45) is 1.80. The van der Waals surface area contributed by atoms with Crippen molar-refractivity contribution in [1.29, 1.82) is 0 Å². The van der Waals surface area contributed by atoms with E-state index in [9.17, 15) is 0 Å². The molecular formula is C17H18ClNOS. The molecule has 1 aliphatic rings. The van der Waals surface area contributed by atoms with Crippen molar-refractivity contribution < 1.29 is 5.11 Å². The highest BCUT2D eigenvalue weighted by Crippen LogP contribution is 2.39. The van der Waals surface area contributed by atoms with Gasteiger partial charge in [0.25, 0.3) is 0 Å². The van der Waals surface area contributed by atoms with E-state index in [0.29, 0.717) is 12.5 Å². The first-order valence-corrected chi connectivity index (χ1v) is 8.51. The summed E-state index contributed by atoms with van der Waals surface area (Å²) in [6, 6.07) is 14.7. The summed E-state index contributed by atoms with van der Waals surface area (Å²) >= 11 is 8.03. The lowest BCUT2D eigenvalue weighted by atomic mass is 10.0. The Labute approximate surface area is 134 Å². The zero-order valence-electron chi connectivity index (χ0n) is 11.7. The van der Waals surface area contributed by atoms with Gasteiger partial charge in [0.1, 0.15) is 0 Å². The van der Waals surface area contributed by atoms with Crippen molar-refractivity contribution in [3.05, 3.63) is 58.6 Å². The summed E-state index contributed by atoms with van der Waals surface area (Å²) in [4.78, 5) is 1.32. The molecule has 1 heterocycles. The number of halogens is 1. The molecule has 0 amide bonds. The van der Waals surface area contributed by atoms with Gasteiger partial charge < -0.3 is 10.4 Å². The molecule has 1 unspecified atom stereocenters. The van der Waals surface area contributed by atoms with Crippen LogP contribution in [-0.2, 0) is 6.42 Å². The molecule has 0 fully saturated rings. The minimum Gasteiger partial charge on any atom is -0.396 e. The molecule has 1 atom stereocenters. The maximum Gasteiger partial charge on any atom is 0.0533 e. The molecule has 2 N–H and O–H groups in total. The SMILES string of the molecule is OCCc1ccc(NC2CCSc3ccc(Cl)cc32)cc1. The highest BCUT2D eigenvalue weighted by atomic mass is 35.5. The van der Waals surface area contributed by atoms with Crippen molar-refractivity contribution in [2.45, 2.75) is 23.8 Å². The first-order chi connectivity index (χ1) is 10.3. The predicted molar refractivity (Wildman–Crippen MR) is 90.4 cm³/mol. The topological polar surface area (TPSA) is 32.3 Å². The third kappa shape index (κ3) is 3.54. The quantitative estimate of drug-likeness (QED) is 0.868. The van der Waals surface area contributed by atoms with Crippen LogP contribution in [0.15, 0.2) is 47.4 Å². The van der Waals surface area contributed by atoms with Crippen LogP contribution in [0.1, 0.15) is 23.6 Å². The van der Waals surface area contributed by atoms with Crippen LogP contribution in [0.4, 0.5) is 5.69 Å². The average molecular weight is 320 g/mol. The van der Waals surface area contributed by atoms with E-state index in [1.165, 1.54) is 10.5 Å². The van der Waals surface area contributed by atoms with E-state index >= 15 is 0 Å². The number of hydrogen-bond acceptors (Lipinski definition) is 3. The Hall–Kier alpha value is -1.16. The van der Waals surface area contributed by atoms with Gasteiger partial charge in [-0.3, -0.25) is 0 Å². The minimum absolute atomic E-state index is 0.193. The second-order valence-electron chi connectivity index (χ2n) is 5.19. The van der Waals surface area contributed by atoms with Gasteiger partial charge in [0, 0.05) is 28.0 Å². The number of benzene rings is 2. The van der Waals surface area contributed by atoms with Crippen molar-refractivity contribution in [1.82, 2.24) is 0 Å². The van der Waals surface area contributed by atoms with Gasteiger partial charge in [0.05, 0.1) is 6.04 Å². The second-order valence-corrected chi connectivity index (χ2v) is 6.76. The normalized spacial score (nSPS) is 17.3. The zero-order valence-corrected chi connectivity index (χ0v) is 13.3. The van der Waals surface area contributed by atoms with Crippen LogP contribution in [0.25, 0.3) is 0 Å². The van der Waals surface area contributed by atoms with E-state index in [1.54, 1.807) is 0 Å². The number of nitrogens with one attached hydrogen (secondary N) is 1. The van der Waals surface area contributed by atoms with Crippen molar-refractivity contribution >= 4 is 29.1 Å². The molecule has 0 saturated carbocycles. The molecular weight excluding hydrogens is 302 g/mol. The van der Waals surface area contributed by atoms with E-state index in [0.717, 1.165) is 28.4 Å². The van der Waals surface area contributed by atoms with Gasteiger partial charge in [-0.1, -0.05) is 23.7 Å². The fourth-order valence-corrected chi connectivity index (χ4v) is 3.90. The van der Waals surface area contributed by atoms with E-state index < -0.39 is 0 Å². The van der Waals surface area contributed by atoms with E-state index in [4.69, 9.17) is 16.7 Å². The van der Waals surface area contributed by atoms with Gasteiger partial charge in [-0.2, -0.15) is 0 Å². The average Bonchev–Trinajstić information content (AvgIpc) is 2.50. The van der Waals surface area contributed by atoms with Crippen LogP contribution in [0, 0.1) is 0 Å². The number of anilines is 1. The van der Waals surface area contributed by atoms with Gasteiger partial charge in [-0.25, -0.2) is 0 Å². The summed E-state index contributed by atoms with van der Waals surface area (Å²) in [6.45, 7) is 0.193. The predicted octanol–water partition coefficient (Wildman–Crippen LogP) is 4.52. The molecule has 1 aliphatic heterocycles. The molecule has 0 aromatic heterocycles. The van der Waals surface area contributed by atoms with Gasteiger partial charge in [-0.05, 0) is 54.3 Å². The maximum atomic E-state index is 8.95. The van der Waals surface area contributed by atoms with Gasteiger partial charge in [-0.15, -0.1) is 11.8 Å². The van der Waals surface area contributed by atoms with Crippen LogP contribution in [0.2, 0.25) is 5.02 Å². The smallest absolute Gasteiger partial charge is 0.0533 e.